The summed E-state index contributed by atoms with van der Waals surface area (Å²) in [5.74, 6) is -0.219. The Balaban J connectivity index is 1.67. The minimum absolute atomic E-state index is 0.219. The summed E-state index contributed by atoms with van der Waals surface area (Å²) < 4.78 is 3.53. The maximum absolute atomic E-state index is 12.7. The number of hydrogen-bond acceptors (Lipinski definition) is 3. The molecule has 0 saturated carbocycles. The standard InChI is InChI=1S/C21H19N5O/c1-25-18(12-13-23-25)15-22-21(27)19-14-20(16-8-4-2-5-9-16)26(24-19)17-10-6-3-7-11-17/h2-14H,15H2,1H3,(H,22,27). The van der Waals surface area contributed by atoms with E-state index in [9.17, 15) is 4.79 Å². The van der Waals surface area contributed by atoms with Crippen LogP contribution in [0.1, 0.15) is 16.2 Å². The van der Waals surface area contributed by atoms with Gasteiger partial charge in [0.05, 0.1) is 23.6 Å². The normalized spacial score (nSPS) is 10.7. The number of carbonyl (C=O) groups is 1. The topological polar surface area (TPSA) is 64.7 Å². The number of nitrogens with zero attached hydrogens (tertiary/aromatic N) is 4. The first kappa shape index (κ1) is 16.8. The lowest BCUT2D eigenvalue weighted by molar-refractivity contribution is 0.0944. The summed E-state index contributed by atoms with van der Waals surface area (Å²) in [6.45, 7) is 0.397. The molecule has 0 aliphatic heterocycles. The predicted octanol–water partition coefficient (Wildman–Crippen LogP) is 3.20. The molecule has 0 aliphatic rings. The molecule has 0 atom stereocenters. The number of hydrogen-bond donors (Lipinski definition) is 1. The maximum atomic E-state index is 12.7. The van der Waals surface area contributed by atoms with Gasteiger partial charge in [-0.25, -0.2) is 4.68 Å². The average Bonchev–Trinajstić information content (AvgIpc) is 3.34. The highest BCUT2D eigenvalue weighted by molar-refractivity contribution is 5.93. The molecule has 1 amide bonds. The highest BCUT2D eigenvalue weighted by atomic mass is 16.1. The first-order valence-electron chi connectivity index (χ1n) is 8.68. The molecule has 2 aromatic carbocycles. The maximum Gasteiger partial charge on any atom is 0.272 e. The van der Waals surface area contributed by atoms with E-state index in [1.165, 1.54) is 0 Å². The summed E-state index contributed by atoms with van der Waals surface area (Å²) in [5, 5.41) is 11.6. The van der Waals surface area contributed by atoms with E-state index in [1.807, 2.05) is 79.8 Å². The van der Waals surface area contributed by atoms with Gasteiger partial charge in [0.1, 0.15) is 0 Å². The quantitative estimate of drug-likeness (QED) is 0.596. The fourth-order valence-electron chi connectivity index (χ4n) is 2.91. The van der Waals surface area contributed by atoms with Gasteiger partial charge in [0.25, 0.3) is 5.91 Å². The number of nitrogens with one attached hydrogen (secondary N) is 1. The fraction of sp³-hybridized carbons (Fsp3) is 0.0952. The number of aromatic nitrogens is 4. The summed E-state index contributed by atoms with van der Waals surface area (Å²) in [4.78, 5) is 12.7. The van der Waals surface area contributed by atoms with E-state index < -0.39 is 0 Å². The zero-order valence-corrected chi connectivity index (χ0v) is 14.9. The van der Waals surface area contributed by atoms with E-state index in [0.717, 1.165) is 22.6 Å². The first-order valence-corrected chi connectivity index (χ1v) is 8.68. The van der Waals surface area contributed by atoms with Crippen LogP contribution >= 0.6 is 0 Å². The van der Waals surface area contributed by atoms with Crippen LogP contribution in [0.3, 0.4) is 0 Å². The number of amides is 1. The second-order valence-electron chi connectivity index (χ2n) is 6.16. The van der Waals surface area contributed by atoms with Gasteiger partial charge in [0.2, 0.25) is 0 Å². The van der Waals surface area contributed by atoms with Crippen LogP contribution in [0.2, 0.25) is 0 Å². The lowest BCUT2D eigenvalue weighted by Crippen LogP contribution is -2.24. The van der Waals surface area contributed by atoms with E-state index in [0.29, 0.717) is 12.2 Å². The van der Waals surface area contributed by atoms with Crippen LogP contribution in [-0.4, -0.2) is 25.5 Å². The third-order valence-electron chi connectivity index (χ3n) is 4.36. The first-order chi connectivity index (χ1) is 13.2. The van der Waals surface area contributed by atoms with Crippen molar-refractivity contribution < 1.29 is 4.79 Å². The minimum atomic E-state index is -0.219. The van der Waals surface area contributed by atoms with Gasteiger partial charge in [0.15, 0.2) is 5.69 Å². The van der Waals surface area contributed by atoms with Crippen LogP contribution < -0.4 is 5.32 Å². The van der Waals surface area contributed by atoms with E-state index in [1.54, 1.807) is 15.6 Å². The molecular formula is C21H19N5O. The van der Waals surface area contributed by atoms with Crippen molar-refractivity contribution in [2.24, 2.45) is 7.05 Å². The largest absolute Gasteiger partial charge is 0.345 e. The molecule has 0 bridgehead atoms. The van der Waals surface area contributed by atoms with E-state index in [2.05, 4.69) is 15.5 Å². The zero-order valence-electron chi connectivity index (χ0n) is 14.9. The Morgan fingerprint density at radius 3 is 2.37 bits per heavy atom. The molecule has 1 N–H and O–H groups in total. The van der Waals surface area contributed by atoms with E-state index in [4.69, 9.17) is 0 Å². The molecule has 0 aliphatic carbocycles. The Kier molecular flexibility index (Phi) is 4.53. The molecular weight excluding hydrogens is 338 g/mol. The Bertz CT molecular complexity index is 994. The summed E-state index contributed by atoms with van der Waals surface area (Å²) in [6, 6.07) is 23.4. The van der Waals surface area contributed by atoms with Crippen molar-refractivity contribution in [3.8, 4) is 16.9 Å². The van der Waals surface area contributed by atoms with Gasteiger partial charge in [0, 0.05) is 18.8 Å². The van der Waals surface area contributed by atoms with Gasteiger partial charge in [-0.1, -0.05) is 48.5 Å². The minimum Gasteiger partial charge on any atom is -0.345 e. The Labute approximate surface area is 157 Å². The van der Waals surface area contributed by atoms with Crippen molar-refractivity contribution in [2.75, 3.05) is 0 Å². The van der Waals surface area contributed by atoms with Crippen molar-refractivity contribution in [2.45, 2.75) is 6.54 Å². The zero-order chi connectivity index (χ0) is 18.6. The van der Waals surface area contributed by atoms with Crippen LogP contribution in [0.4, 0.5) is 0 Å². The second-order valence-corrected chi connectivity index (χ2v) is 6.16. The van der Waals surface area contributed by atoms with Crippen LogP contribution in [0.15, 0.2) is 79.0 Å². The molecule has 134 valence electrons. The molecule has 4 aromatic rings. The van der Waals surface area contributed by atoms with Crippen molar-refractivity contribution in [3.05, 3.63) is 90.4 Å². The number of aryl methyl sites for hydroxylation is 1. The van der Waals surface area contributed by atoms with Crippen molar-refractivity contribution in [1.29, 1.82) is 0 Å². The summed E-state index contributed by atoms with van der Waals surface area (Å²) >= 11 is 0. The molecule has 0 unspecified atom stereocenters. The van der Waals surface area contributed by atoms with Gasteiger partial charge in [-0.15, -0.1) is 0 Å². The SMILES string of the molecule is Cn1nccc1CNC(=O)c1cc(-c2ccccc2)n(-c2ccccc2)n1. The summed E-state index contributed by atoms with van der Waals surface area (Å²) in [5.41, 5.74) is 4.07. The number of rotatable bonds is 5. The molecule has 4 rings (SSSR count). The smallest absolute Gasteiger partial charge is 0.272 e. The molecule has 27 heavy (non-hydrogen) atoms. The van der Waals surface area contributed by atoms with Crippen LogP contribution in [-0.2, 0) is 13.6 Å². The van der Waals surface area contributed by atoms with Gasteiger partial charge in [-0.2, -0.15) is 10.2 Å². The monoisotopic (exact) mass is 357 g/mol. The van der Waals surface area contributed by atoms with E-state index >= 15 is 0 Å². The van der Waals surface area contributed by atoms with Crippen molar-refractivity contribution in [3.63, 3.8) is 0 Å². The summed E-state index contributed by atoms with van der Waals surface area (Å²) in [6.07, 6.45) is 1.71. The van der Waals surface area contributed by atoms with Crippen LogP contribution in [0.25, 0.3) is 16.9 Å². The fourth-order valence-corrected chi connectivity index (χ4v) is 2.91. The Morgan fingerprint density at radius 2 is 1.70 bits per heavy atom. The van der Waals surface area contributed by atoms with Gasteiger partial charge in [-0.05, 0) is 24.3 Å². The Morgan fingerprint density at radius 1 is 1.00 bits per heavy atom. The highest BCUT2D eigenvalue weighted by Crippen LogP contribution is 2.24. The summed E-state index contributed by atoms with van der Waals surface area (Å²) in [7, 11) is 1.85. The number of para-hydroxylation sites is 1. The predicted molar refractivity (Wildman–Crippen MR) is 103 cm³/mol. The van der Waals surface area contributed by atoms with Gasteiger partial charge in [-0.3, -0.25) is 9.48 Å². The van der Waals surface area contributed by atoms with Crippen LogP contribution in [0.5, 0.6) is 0 Å². The number of carbonyl (C=O) groups excluding carboxylic acids is 1. The number of benzene rings is 2. The lowest BCUT2D eigenvalue weighted by Gasteiger charge is -2.07. The molecule has 6 nitrogen and oxygen atoms in total. The van der Waals surface area contributed by atoms with E-state index in [-0.39, 0.29) is 5.91 Å². The Hall–Kier alpha value is -3.67. The molecule has 0 radical (unpaired) electrons. The molecule has 6 heteroatoms. The average molecular weight is 357 g/mol. The molecule has 0 saturated heterocycles. The van der Waals surface area contributed by atoms with Gasteiger partial charge < -0.3 is 5.32 Å². The van der Waals surface area contributed by atoms with Crippen molar-refractivity contribution in [1.82, 2.24) is 24.9 Å². The van der Waals surface area contributed by atoms with Crippen LogP contribution in [0, 0.1) is 0 Å². The second kappa shape index (κ2) is 7.29. The third kappa shape index (κ3) is 3.50. The lowest BCUT2D eigenvalue weighted by atomic mass is 10.1. The molecule has 2 aromatic heterocycles. The molecule has 0 spiro atoms. The van der Waals surface area contributed by atoms with Crippen molar-refractivity contribution >= 4 is 5.91 Å². The molecule has 0 fully saturated rings. The molecule has 2 heterocycles. The van der Waals surface area contributed by atoms with Gasteiger partial charge >= 0.3 is 0 Å². The third-order valence-corrected chi connectivity index (χ3v) is 4.36. The highest BCUT2D eigenvalue weighted by Gasteiger charge is 2.16.